The van der Waals surface area contributed by atoms with Gasteiger partial charge >= 0.3 is 0 Å². The molecule has 0 radical (unpaired) electrons. The number of hydrogen-bond acceptors (Lipinski definition) is 4. The Balaban J connectivity index is 2.14. The number of Topliss-reactive ketones (excluding diaryl/α,β-unsaturated/α-hetero) is 1. The molecule has 1 heterocycles. The molecule has 96 valence electrons. The number of nitrogens with one attached hydrogen (secondary N) is 1. The highest BCUT2D eigenvalue weighted by atomic mass is 16.3. The zero-order chi connectivity index (χ0) is 13.1. The van der Waals surface area contributed by atoms with E-state index in [9.17, 15) is 4.79 Å². The van der Waals surface area contributed by atoms with Gasteiger partial charge in [0.2, 0.25) is 0 Å². The van der Waals surface area contributed by atoms with Crippen LogP contribution in [0, 0.1) is 0 Å². The smallest absolute Gasteiger partial charge is 0.194 e. The number of carbonyl (C=O) groups excluding carboxylic acids is 1. The minimum absolute atomic E-state index is 0.0479. The molecule has 4 nitrogen and oxygen atoms in total. The zero-order valence-corrected chi connectivity index (χ0v) is 11.0. The number of ketones is 1. The first-order valence-electron chi connectivity index (χ1n) is 5.99. The number of hydrogen-bond donors (Lipinski definition) is 1. The van der Waals surface area contributed by atoms with Gasteiger partial charge in [0.1, 0.15) is 5.58 Å². The summed E-state index contributed by atoms with van der Waals surface area (Å²) in [6.07, 6.45) is 0. The van der Waals surface area contributed by atoms with Crippen molar-refractivity contribution in [2.24, 2.45) is 0 Å². The number of carbonyl (C=O) groups is 1. The fraction of sp³-hybridized carbons (Fsp3) is 0.357. The molecular weight excluding hydrogens is 228 g/mol. The molecule has 0 saturated carbocycles. The Labute approximate surface area is 107 Å². The maximum atomic E-state index is 11.2. The molecule has 0 bridgehead atoms. The van der Waals surface area contributed by atoms with Crippen LogP contribution in [0.1, 0.15) is 17.5 Å². The molecular formula is C14H18N2O2. The number of fused-ring (bicyclic) bond motifs is 1. The highest BCUT2D eigenvalue weighted by Gasteiger charge is 2.07. The summed E-state index contributed by atoms with van der Waals surface area (Å²) in [6, 6.07) is 7.64. The third-order valence-electron chi connectivity index (χ3n) is 2.75. The van der Waals surface area contributed by atoms with Crippen LogP contribution < -0.4 is 5.32 Å². The molecule has 1 aromatic heterocycles. The number of benzene rings is 1. The number of nitrogens with zero attached hydrogens (tertiary/aromatic N) is 1. The zero-order valence-electron chi connectivity index (χ0n) is 11.0. The van der Waals surface area contributed by atoms with E-state index in [1.165, 1.54) is 6.92 Å². The minimum Gasteiger partial charge on any atom is -0.453 e. The third kappa shape index (κ3) is 2.90. The van der Waals surface area contributed by atoms with Gasteiger partial charge in [0.05, 0.1) is 0 Å². The summed E-state index contributed by atoms with van der Waals surface area (Å²) in [5, 5.41) is 4.29. The molecule has 2 rings (SSSR count). The predicted molar refractivity (Wildman–Crippen MR) is 73.3 cm³/mol. The summed E-state index contributed by atoms with van der Waals surface area (Å²) in [5.74, 6) is 0.365. The first-order valence-corrected chi connectivity index (χ1v) is 5.99. The van der Waals surface area contributed by atoms with Gasteiger partial charge < -0.3 is 14.6 Å². The molecule has 4 heteroatoms. The van der Waals surface area contributed by atoms with Crippen LogP contribution in [0.15, 0.2) is 28.7 Å². The lowest BCUT2D eigenvalue weighted by molar-refractivity contribution is 0.0989. The van der Waals surface area contributed by atoms with Gasteiger partial charge in [0.15, 0.2) is 11.5 Å². The van der Waals surface area contributed by atoms with E-state index in [4.69, 9.17) is 4.42 Å². The van der Waals surface area contributed by atoms with Crippen LogP contribution in [0.5, 0.6) is 0 Å². The van der Waals surface area contributed by atoms with E-state index < -0.39 is 0 Å². The van der Waals surface area contributed by atoms with Crippen molar-refractivity contribution in [3.63, 3.8) is 0 Å². The van der Waals surface area contributed by atoms with Gasteiger partial charge in [-0.2, -0.15) is 0 Å². The Bertz CT molecular complexity index is 558. The maximum absolute atomic E-state index is 11.2. The average Bonchev–Trinajstić information content (AvgIpc) is 2.71. The molecule has 0 aliphatic heterocycles. The summed E-state index contributed by atoms with van der Waals surface area (Å²) in [4.78, 5) is 13.4. The summed E-state index contributed by atoms with van der Waals surface area (Å²) < 4.78 is 5.44. The van der Waals surface area contributed by atoms with Gasteiger partial charge in [-0.1, -0.05) is 0 Å². The maximum Gasteiger partial charge on any atom is 0.194 e. The largest absolute Gasteiger partial charge is 0.453 e. The molecule has 0 aliphatic carbocycles. The van der Waals surface area contributed by atoms with Crippen LogP contribution in [0.4, 0.5) is 5.69 Å². The van der Waals surface area contributed by atoms with Crippen LogP contribution in [0.2, 0.25) is 0 Å². The van der Waals surface area contributed by atoms with Gasteiger partial charge in [0, 0.05) is 31.1 Å². The normalized spacial score (nSPS) is 11.1. The Morgan fingerprint density at radius 3 is 2.78 bits per heavy atom. The summed E-state index contributed by atoms with van der Waals surface area (Å²) in [7, 11) is 4.08. The molecule has 0 spiro atoms. The quantitative estimate of drug-likeness (QED) is 0.824. The second kappa shape index (κ2) is 5.23. The molecule has 1 aromatic carbocycles. The predicted octanol–water partition coefficient (Wildman–Crippen LogP) is 2.61. The van der Waals surface area contributed by atoms with Crippen molar-refractivity contribution in [2.75, 3.05) is 32.5 Å². The number of rotatable bonds is 5. The lowest BCUT2D eigenvalue weighted by atomic mass is 10.2. The first kappa shape index (κ1) is 12.6. The van der Waals surface area contributed by atoms with Crippen molar-refractivity contribution in [3.8, 4) is 0 Å². The molecule has 0 saturated heterocycles. The second-order valence-electron chi connectivity index (χ2n) is 4.65. The van der Waals surface area contributed by atoms with Gasteiger partial charge in [-0.15, -0.1) is 0 Å². The first-order chi connectivity index (χ1) is 8.56. The van der Waals surface area contributed by atoms with E-state index in [1.54, 1.807) is 6.07 Å². The standard InChI is InChI=1S/C14H18N2O2/c1-10(17)14-9-11-8-12(4-5-13(11)18-14)15-6-7-16(2)3/h4-5,8-9,15H,6-7H2,1-3H3. The van der Waals surface area contributed by atoms with E-state index >= 15 is 0 Å². The number of likely N-dealkylation sites (N-methyl/N-ethyl adjacent to an activating group) is 1. The van der Waals surface area contributed by atoms with Crippen molar-refractivity contribution in [2.45, 2.75) is 6.92 Å². The number of furan rings is 1. The topological polar surface area (TPSA) is 45.5 Å². The Morgan fingerprint density at radius 2 is 2.11 bits per heavy atom. The Morgan fingerprint density at radius 1 is 1.33 bits per heavy atom. The van der Waals surface area contributed by atoms with Crippen molar-refractivity contribution in [1.82, 2.24) is 4.90 Å². The Kier molecular flexibility index (Phi) is 3.67. The van der Waals surface area contributed by atoms with Gasteiger partial charge in [0.25, 0.3) is 0 Å². The molecule has 2 aromatic rings. The van der Waals surface area contributed by atoms with Crippen LogP contribution in [0.3, 0.4) is 0 Å². The highest BCUT2D eigenvalue weighted by Crippen LogP contribution is 2.23. The fourth-order valence-electron chi connectivity index (χ4n) is 1.75. The molecule has 0 amide bonds. The molecule has 0 fully saturated rings. The molecule has 0 aliphatic rings. The average molecular weight is 246 g/mol. The molecule has 18 heavy (non-hydrogen) atoms. The molecule has 0 atom stereocenters. The van der Waals surface area contributed by atoms with E-state index in [0.29, 0.717) is 5.76 Å². The summed E-state index contributed by atoms with van der Waals surface area (Å²) in [6.45, 7) is 3.37. The lowest BCUT2D eigenvalue weighted by Crippen LogP contribution is -2.20. The van der Waals surface area contributed by atoms with E-state index in [-0.39, 0.29) is 5.78 Å². The van der Waals surface area contributed by atoms with Crippen molar-refractivity contribution in [1.29, 1.82) is 0 Å². The summed E-state index contributed by atoms with van der Waals surface area (Å²) >= 11 is 0. The summed E-state index contributed by atoms with van der Waals surface area (Å²) in [5.41, 5.74) is 1.79. The van der Waals surface area contributed by atoms with Crippen LogP contribution in [0.25, 0.3) is 11.0 Å². The number of anilines is 1. The van der Waals surface area contributed by atoms with Gasteiger partial charge in [-0.05, 0) is 38.4 Å². The lowest BCUT2D eigenvalue weighted by Gasteiger charge is -2.11. The Hall–Kier alpha value is -1.81. The van der Waals surface area contributed by atoms with Gasteiger partial charge in [-0.3, -0.25) is 4.79 Å². The van der Waals surface area contributed by atoms with Crippen molar-refractivity contribution in [3.05, 3.63) is 30.0 Å². The minimum atomic E-state index is -0.0479. The van der Waals surface area contributed by atoms with Crippen LogP contribution in [-0.4, -0.2) is 37.9 Å². The third-order valence-corrected chi connectivity index (χ3v) is 2.75. The van der Waals surface area contributed by atoms with E-state index in [1.807, 2.05) is 32.3 Å². The van der Waals surface area contributed by atoms with E-state index in [0.717, 1.165) is 29.7 Å². The van der Waals surface area contributed by atoms with Crippen molar-refractivity contribution >= 4 is 22.4 Å². The van der Waals surface area contributed by atoms with Crippen molar-refractivity contribution < 1.29 is 9.21 Å². The van der Waals surface area contributed by atoms with Crippen LogP contribution >= 0.6 is 0 Å². The SMILES string of the molecule is CC(=O)c1cc2cc(NCCN(C)C)ccc2o1. The van der Waals surface area contributed by atoms with E-state index in [2.05, 4.69) is 10.2 Å². The molecule has 0 unspecified atom stereocenters. The highest BCUT2D eigenvalue weighted by molar-refractivity contribution is 5.96. The fourth-order valence-corrected chi connectivity index (χ4v) is 1.75. The van der Waals surface area contributed by atoms with Gasteiger partial charge in [-0.25, -0.2) is 0 Å². The van der Waals surface area contributed by atoms with Crippen LogP contribution in [-0.2, 0) is 0 Å². The monoisotopic (exact) mass is 246 g/mol. The second-order valence-corrected chi connectivity index (χ2v) is 4.65. The molecule has 1 N–H and O–H groups in total.